The van der Waals surface area contributed by atoms with Crippen LogP contribution in [0.25, 0.3) is 0 Å². The molecule has 1 aliphatic carbocycles. The lowest BCUT2D eigenvalue weighted by Crippen LogP contribution is -2.54. The summed E-state index contributed by atoms with van der Waals surface area (Å²) < 4.78 is 37.9. The first-order chi connectivity index (χ1) is 20.2. The number of methoxy groups -OCH3 is 2. The summed E-state index contributed by atoms with van der Waals surface area (Å²) in [6.45, 7) is -0.386. The molecule has 1 fully saturated rings. The van der Waals surface area contributed by atoms with Crippen molar-refractivity contribution in [2.75, 3.05) is 31.3 Å². The highest BCUT2D eigenvalue weighted by atomic mass is 32.2. The van der Waals surface area contributed by atoms with Gasteiger partial charge in [-0.15, -0.1) is 0 Å². The van der Waals surface area contributed by atoms with E-state index in [2.05, 4.69) is 5.32 Å². The van der Waals surface area contributed by atoms with E-state index in [0.717, 1.165) is 47.4 Å². The third kappa shape index (κ3) is 8.03. The number of hydrogen-bond donors (Lipinski definition) is 1. The molecular formula is C32H39N3O6S. The van der Waals surface area contributed by atoms with Gasteiger partial charge in [0, 0.05) is 25.1 Å². The topological polar surface area (TPSA) is 105 Å². The fraction of sp³-hybridized carbons (Fsp3) is 0.375. The van der Waals surface area contributed by atoms with Crippen LogP contribution < -0.4 is 19.1 Å². The molecular weight excluding hydrogens is 554 g/mol. The maximum Gasteiger partial charge on any atom is 0.244 e. The van der Waals surface area contributed by atoms with Gasteiger partial charge in [0.15, 0.2) is 0 Å². The normalized spacial score (nSPS) is 14.2. The molecule has 3 aromatic carbocycles. The molecule has 0 radical (unpaired) electrons. The molecule has 4 rings (SSSR count). The van der Waals surface area contributed by atoms with Crippen molar-refractivity contribution in [3.05, 3.63) is 90.0 Å². The fourth-order valence-corrected chi connectivity index (χ4v) is 6.14. The van der Waals surface area contributed by atoms with Crippen LogP contribution in [0, 0.1) is 0 Å². The number of carbonyl (C=O) groups excluding carboxylic acids is 2. The summed E-state index contributed by atoms with van der Waals surface area (Å²) in [5.74, 6) is -0.0396. The zero-order valence-electron chi connectivity index (χ0n) is 24.4. The minimum atomic E-state index is -3.93. The Balaban J connectivity index is 1.73. The molecule has 1 atom stereocenters. The van der Waals surface area contributed by atoms with Crippen molar-refractivity contribution in [1.29, 1.82) is 0 Å². The van der Waals surface area contributed by atoms with Gasteiger partial charge in [0.25, 0.3) is 0 Å². The van der Waals surface area contributed by atoms with E-state index in [9.17, 15) is 18.0 Å². The molecule has 0 heterocycles. The number of anilines is 1. The van der Waals surface area contributed by atoms with Crippen molar-refractivity contribution < 1.29 is 27.5 Å². The van der Waals surface area contributed by atoms with Crippen LogP contribution in [0.1, 0.15) is 36.8 Å². The number of benzene rings is 3. The van der Waals surface area contributed by atoms with Gasteiger partial charge in [-0.3, -0.25) is 13.9 Å². The zero-order chi connectivity index (χ0) is 30.1. The summed E-state index contributed by atoms with van der Waals surface area (Å²) in [6.07, 6.45) is 5.22. The minimum Gasteiger partial charge on any atom is -0.497 e. The largest absolute Gasteiger partial charge is 0.497 e. The first-order valence-corrected chi connectivity index (χ1v) is 15.9. The highest BCUT2D eigenvalue weighted by Crippen LogP contribution is 2.34. The molecule has 10 heteroatoms. The van der Waals surface area contributed by atoms with Gasteiger partial charge >= 0.3 is 0 Å². The summed E-state index contributed by atoms with van der Waals surface area (Å²) in [4.78, 5) is 29.6. The van der Waals surface area contributed by atoms with Crippen LogP contribution in [0.3, 0.4) is 0 Å². The molecule has 0 aromatic heterocycles. The third-order valence-corrected chi connectivity index (χ3v) is 8.63. The number of nitrogens with zero attached hydrogens (tertiary/aromatic N) is 2. The van der Waals surface area contributed by atoms with Crippen LogP contribution in [0.4, 0.5) is 5.69 Å². The summed E-state index contributed by atoms with van der Waals surface area (Å²) in [5.41, 5.74) is 1.92. The van der Waals surface area contributed by atoms with E-state index in [0.29, 0.717) is 5.75 Å². The number of nitrogens with one attached hydrogen (secondary N) is 1. The molecule has 0 spiro atoms. The molecule has 9 nitrogen and oxygen atoms in total. The number of hydrogen-bond acceptors (Lipinski definition) is 6. The Morgan fingerprint density at radius 1 is 0.905 bits per heavy atom. The Labute approximate surface area is 248 Å². The predicted octanol–water partition coefficient (Wildman–Crippen LogP) is 4.17. The maximum absolute atomic E-state index is 14.2. The number of rotatable bonds is 13. The monoisotopic (exact) mass is 593 g/mol. The first-order valence-electron chi connectivity index (χ1n) is 14.1. The Hall–Kier alpha value is -4.05. The Morgan fingerprint density at radius 3 is 2.10 bits per heavy atom. The van der Waals surface area contributed by atoms with Crippen molar-refractivity contribution in [2.24, 2.45) is 0 Å². The molecule has 0 unspecified atom stereocenters. The van der Waals surface area contributed by atoms with Gasteiger partial charge < -0.3 is 19.7 Å². The summed E-state index contributed by atoms with van der Waals surface area (Å²) >= 11 is 0. The second kappa shape index (κ2) is 14.2. The van der Waals surface area contributed by atoms with Gasteiger partial charge in [-0.2, -0.15) is 0 Å². The first kappa shape index (κ1) is 30.9. The second-order valence-corrected chi connectivity index (χ2v) is 12.4. The number of carbonyl (C=O) groups is 2. The van der Waals surface area contributed by atoms with Crippen LogP contribution >= 0.6 is 0 Å². The summed E-state index contributed by atoms with van der Waals surface area (Å²) in [6, 6.07) is 22.8. The molecule has 0 saturated heterocycles. The third-order valence-electron chi connectivity index (χ3n) is 7.50. The van der Waals surface area contributed by atoms with Crippen LogP contribution in [0.15, 0.2) is 78.9 Å². The van der Waals surface area contributed by atoms with Gasteiger partial charge in [-0.1, -0.05) is 73.5 Å². The van der Waals surface area contributed by atoms with Gasteiger partial charge in [0.2, 0.25) is 21.8 Å². The van der Waals surface area contributed by atoms with Crippen molar-refractivity contribution in [1.82, 2.24) is 10.2 Å². The van der Waals surface area contributed by atoms with Crippen molar-refractivity contribution in [2.45, 2.75) is 50.7 Å². The van der Waals surface area contributed by atoms with Crippen molar-refractivity contribution >= 4 is 27.5 Å². The average Bonchev–Trinajstić information content (AvgIpc) is 3.50. The van der Waals surface area contributed by atoms with E-state index in [-0.39, 0.29) is 36.4 Å². The minimum absolute atomic E-state index is 0.0560. The van der Waals surface area contributed by atoms with Crippen molar-refractivity contribution in [3.63, 3.8) is 0 Å². The fourth-order valence-electron chi connectivity index (χ4n) is 5.29. The predicted molar refractivity (Wildman–Crippen MR) is 163 cm³/mol. The highest BCUT2D eigenvalue weighted by molar-refractivity contribution is 7.92. The van der Waals surface area contributed by atoms with Crippen LogP contribution in [-0.4, -0.2) is 64.2 Å². The number of ether oxygens (including phenoxy) is 2. The lowest BCUT2D eigenvalue weighted by molar-refractivity contribution is -0.140. The van der Waals surface area contributed by atoms with Crippen LogP contribution in [-0.2, 0) is 32.6 Å². The molecule has 0 aliphatic heterocycles. The van der Waals surface area contributed by atoms with Crippen LogP contribution in [0.2, 0.25) is 0 Å². The molecule has 1 aliphatic rings. The lowest BCUT2D eigenvalue weighted by atomic mass is 10.0. The molecule has 42 heavy (non-hydrogen) atoms. The Morgan fingerprint density at radius 2 is 1.52 bits per heavy atom. The molecule has 1 N–H and O–H groups in total. The van der Waals surface area contributed by atoms with E-state index < -0.39 is 28.5 Å². The average molecular weight is 594 g/mol. The molecule has 224 valence electrons. The standard InChI is InChI=1S/C32H39N3O6S/c1-40-27-18-19-28(30(21-27)41-2)35(42(3,38)39)23-31(36)34(22-25-14-8-5-9-15-25)29(20-24-12-6-4-7-13-24)32(37)33-26-16-10-11-17-26/h4-9,12-15,18-19,21,26,29H,10-11,16-17,20,22-23H2,1-3H3,(H,33,37)/t29-/m1/s1. The second-order valence-electron chi connectivity index (χ2n) is 10.5. The molecule has 0 bridgehead atoms. The van der Waals surface area contributed by atoms with Gasteiger partial charge in [-0.05, 0) is 36.1 Å². The highest BCUT2D eigenvalue weighted by Gasteiger charge is 2.34. The number of sulfonamides is 1. The summed E-state index contributed by atoms with van der Waals surface area (Å²) in [7, 11) is -1.01. The van der Waals surface area contributed by atoms with Gasteiger partial charge in [-0.25, -0.2) is 8.42 Å². The van der Waals surface area contributed by atoms with E-state index in [1.807, 2.05) is 60.7 Å². The quantitative estimate of drug-likeness (QED) is 0.319. The van der Waals surface area contributed by atoms with Crippen LogP contribution in [0.5, 0.6) is 11.5 Å². The van der Waals surface area contributed by atoms with Gasteiger partial charge in [0.1, 0.15) is 24.1 Å². The smallest absolute Gasteiger partial charge is 0.244 e. The van der Waals surface area contributed by atoms with E-state index in [1.165, 1.54) is 19.1 Å². The van der Waals surface area contributed by atoms with Crippen molar-refractivity contribution in [3.8, 4) is 11.5 Å². The SMILES string of the molecule is COc1ccc(N(CC(=O)N(Cc2ccccc2)[C@H](Cc2ccccc2)C(=O)NC2CCCC2)S(C)(=O)=O)c(OC)c1. The van der Waals surface area contributed by atoms with E-state index in [4.69, 9.17) is 9.47 Å². The van der Waals surface area contributed by atoms with Gasteiger partial charge in [0.05, 0.1) is 26.2 Å². The lowest BCUT2D eigenvalue weighted by Gasteiger charge is -2.34. The number of amides is 2. The van der Waals surface area contributed by atoms with E-state index >= 15 is 0 Å². The Kier molecular flexibility index (Phi) is 10.5. The zero-order valence-corrected chi connectivity index (χ0v) is 25.2. The molecule has 1 saturated carbocycles. The Bertz CT molecular complexity index is 1440. The molecule has 2 amide bonds. The summed E-state index contributed by atoms with van der Waals surface area (Å²) in [5, 5.41) is 3.17. The molecule has 3 aromatic rings. The van der Waals surface area contributed by atoms with E-state index in [1.54, 1.807) is 18.2 Å². The maximum atomic E-state index is 14.2.